The molecular formula is C20H17F3N2O. The van der Waals surface area contributed by atoms with Gasteiger partial charge < -0.3 is 10.6 Å². The predicted octanol–water partition coefficient (Wildman–Crippen LogP) is 4.70. The standard InChI is InChI=1S/C20H17F3N2O/c21-20(22,23)17-10-4-3-9-16(17)19(26)25-13-12-24-18-11-5-7-14-6-1-2-8-15(14)18/h1-11,24H,12-13H2,(H,25,26). The highest BCUT2D eigenvalue weighted by atomic mass is 19.4. The van der Waals surface area contributed by atoms with Gasteiger partial charge >= 0.3 is 6.18 Å². The molecule has 3 nitrogen and oxygen atoms in total. The first-order valence-corrected chi connectivity index (χ1v) is 8.13. The zero-order valence-electron chi connectivity index (χ0n) is 13.8. The molecule has 0 heterocycles. The molecule has 0 spiro atoms. The van der Waals surface area contributed by atoms with E-state index in [0.717, 1.165) is 22.5 Å². The molecule has 6 heteroatoms. The summed E-state index contributed by atoms with van der Waals surface area (Å²) < 4.78 is 38.9. The maximum absolute atomic E-state index is 13.0. The number of halogens is 3. The van der Waals surface area contributed by atoms with Crippen LogP contribution in [0.1, 0.15) is 15.9 Å². The van der Waals surface area contributed by atoms with Gasteiger partial charge in [-0.25, -0.2) is 0 Å². The Balaban J connectivity index is 1.61. The van der Waals surface area contributed by atoms with Gasteiger partial charge in [-0.1, -0.05) is 48.5 Å². The minimum Gasteiger partial charge on any atom is -0.383 e. The Morgan fingerprint density at radius 2 is 1.54 bits per heavy atom. The summed E-state index contributed by atoms with van der Waals surface area (Å²) >= 11 is 0. The van der Waals surface area contributed by atoms with Gasteiger partial charge in [0.2, 0.25) is 0 Å². The van der Waals surface area contributed by atoms with E-state index in [9.17, 15) is 18.0 Å². The molecule has 2 N–H and O–H groups in total. The lowest BCUT2D eigenvalue weighted by Gasteiger charge is -2.13. The van der Waals surface area contributed by atoms with Crippen LogP contribution >= 0.6 is 0 Å². The minimum absolute atomic E-state index is 0.203. The summed E-state index contributed by atoms with van der Waals surface area (Å²) in [5, 5.41) is 7.86. The smallest absolute Gasteiger partial charge is 0.383 e. The molecule has 0 saturated heterocycles. The number of benzene rings is 3. The number of carbonyl (C=O) groups excluding carboxylic acids is 1. The lowest BCUT2D eigenvalue weighted by molar-refractivity contribution is -0.137. The SMILES string of the molecule is O=C(NCCNc1cccc2ccccc12)c1ccccc1C(F)(F)F. The quantitative estimate of drug-likeness (QED) is 0.649. The molecule has 3 aromatic carbocycles. The van der Waals surface area contributed by atoms with Crippen LogP contribution in [0.25, 0.3) is 10.8 Å². The van der Waals surface area contributed by atoms with Crippen molar-refractivity contribution in [2.45, 2.75) is 6.18 Å². The van der Waals surface area contributed by atoms with E-state index in [1.807, 2.05) is 42.5 Å². The molecule has 0 fully saturated rings. The van der Waals surface area contributed by atoms with Gasteiger partial charge in [0.1, 0.15) is 0 Å². The number of carbonyl (C=O) groups is 1. The van der Waals surface area contributed by atoms with E-state index in [0.29, 0.717) is 6.54 Å². The van der Waals surface area contributed by atoms with E-state index in [1.165, 1.54) is 18.2 Å². The first kappa shape index (κ1) is 17.8. The third-order valence-corrected chi connectivity index (χ3v) is 3.99. The highest BCUT2D eigenvalue weighted by Crippen LogP contribution is 2.31. The Hall–Kier alpha value is -3.02. The lowest BCUT2D eigenvalue weighted by Crippen LogP contribution is -2.30. The molecule has 0 aliphatic carbocycles. The van der Waals surface area contributed by atoms with Crippen LogP contribution in [0.4, 0.5) is 18.9 Å². The van der Waals surface area contributed by atoms with E-state index >= 15 is 0 Å². The molecule has 0 aliphatic heterocycles. The molecule has 134 valence electrons. The Morgan fingerprint density at radius 3 is 2.35 bits per heavy atom. The van der Waals surface area contributed by atoms with Crippen LogP contribution < -0.4 is 10.6 Å². The van der Waals surface area contributed by atoms with Crippen LogP contribution in [0.2, 0.25) is 0 Å². The number of amides is 1. The molecule has 0 saturated carbocycles. The second kappa shape index (κ2) is 7.47. The van der Waals surface area contributed by atoms with Crippen molar-refractivity contribution in [2.24, 2.45) is 0 Å². The number of rotatable bonds is 5. The number of hydrogen-bond donors (Lipinski definition) is 2. The van der Waals surface area contributed by atoms with Crippen molar-refractivity contribution in [3.05, 3.63) is 77.9 Å². The van der Waals surface area contributed by atoms with Crippen LogP contribution in [0.5, 0.6) is 0 Å². The van der Waals surface area contributed by atoms with Gasteiger partial charge in [-0.2, -0.15) is 13.2 Å². The topological polar surface area (TPSA) is 41.1 Å². The summed E-state index contributed by atoms with van der Waals surface area (Å²) in [5.74, 6) is -0.738. The number of alkyl halides is 3. The molecule has 26 heavy (non-hydrogen) atoms. The predicted molar refractivity (Wildman–Crippen MR) is 96.2 cm³/mol. The van der Waals surface area contributed by atoms with Crippen LogP contribution in [0, 0.1) is 0 Å². The summed E-state index contributed by atoms with van der Waals surface area (Å²) in [6, 6.07) is 18.5. The van der Waals surface area contributed by atoms with Gasteiger partial charge in [0.25, 0.3) is 5.91 Å². The first-order chi connectivity index (χ1) is 12.5. The monoisotopic (exact) mass is 358 g/mol. The zero-order valence-corrected chi connectivity index (χ0v) is 13.8. The molecule has 3 rings (SSSR count). The first-order valence-electron chi connectivity index (χ1n) is 8.13. The number of hydrogen-bond acceptors (Lipinski definition) is 2. The van der Waals surface area contributed by atoms with Crippen LogP contribution in [-0.4, -0.2) is 19.0 Å². The van der Waals surface area contributed by atoms with Gasteiger partial charge in [0, 0.05) is 24.2 Å². The highest BCUT2D eigenvalue weighted by molar-refractivity contribution is 5.96. The van der Waals surface area contributed by atoms with Crippen molar-refractivity contribution >= 4 is 22.4 Å². The molecule has 1 amide bonds. The van der Waals surface area contributed by atoms with Gasteiger partial charge in [0.05, 0.1) is 11.1 Å². The second-order valence-corrected chi connectivity index (χ2v) is 5.75. The molecule has 0 atom stereocenters. The summed E-state index contributed by atoms with van der Waals surface area (Å²) in [4.78, 5) is 12.1. The van der Waals surface area contributed by atoms with Gasteiger partial charge in [-0.3, -0.25) is 4.79 Å². The third-order valence-electron chi connectivity index (χ3n) is 3.99. The zero-order chi connectivity index (χ0) is 18.6. The Morgan fingerprint density at radius 1 is 0.846 bits per heavy atom. The molecular weight excluding hydrogens is 341 g/mol. The van der Waals surface area contributed by atoms with E-state index in [2.05, 4.69) is 10.6 Å². The fraction of sp³-hybridized carbons (Fsp3) is 0.150. The van der Waals surface area contributed by atoms with Gasteiger partial charge in [0.15, 0.2) is 0 Å². The van der Waals surface area contributed by atoms with Crippen LogP contribution in [-0.2, 0) is 6.18 Å². The Kier molecular flexibility index (Phi) is 5.11. The van der Waals surface area contributed by atoms with Crippen LogP contribution in [0.3, 0.4) is 0 Å². The van der Waals surface area contributed by atoms with E-state index < -0.39 is 17.6 Å². The molecule has 3 aromatic rings. The van der Waals surface area contributed by atoms with Crippen molar-refractivity contribution in [3.63, 3.8) is 0 Å². The van der Waals surface area contributed by atoms with Crippen LogP contribution in [0.15, 0.2) is 66.7 Å². The van der Waals surface area contributed by atoms with Crippen molar-refractivity contribution < 1.29 is 18.0 Å². The van der Waals surface area contributed by atoms with Gasteiger partial charge in [-0.15, -0.1) is 0 Å². The summed E-state index contributed by atoms with van der Waals surface area (Å²) in [6.45, 7) is 0.599. The fourth-order valence-corrected chi connectivity index (χ4v) is 2.78. The molecule has 0 aromatic heterocycles. The minimum atomic E-state index is -4.56. The average molecular weight is 358 g/mol. The Labute approximate surface area is 148 Å². The largest absolute Gasteiger partial charge is 0.417 e. The van der Waals surface area contributed by atoms with Crippen molar-refractivity contribution in [2.75, 3.05) is 18.4 Å². The molecule has 0 aliphatic rings. The summed E-state index contributed by atoms with van der Waals surface area (Å²) in [7, 11) is 0. The van der Waals surface area contributed by atoms with Crippen molar-refractivity contribution in [1.82, 2.24) is 5.32 Å². The molecule has 0 radical (unpaired) electrons. The maximum atomic E-state index is 13.0. The van der Waals surface area contributed by atoms with Crippen molar-refractivity contribution in [3.8, 4) is 0 Å². The average Bonchev–Trinajstić information content (AvgIpc) is 2.64. The summed E-state index contributed by atoms with van der Waals surface area (Å²) in [5.41, 5.74) is -0.391. The van der Waals surface area contributed by atoms with E-state index in [4.69, 9.17) is 0 Å². The lowest BCUT2D eigenvalue weighted by atomic mass is 10.1. The second-order valence-electron chi connectivity index (χ2n) is 5.75. The van der Waals surface area contributed by atoms with E-state index in [-0.39, 0.29) is 12.1 Å². The maximum Gasteiger partial charge on any atom is 0.417 e. The third kappa shape index (κ3) is 3.96. The van der Waals surface area contributed by atoms with Gasteiger partial charge in [-0.05, 0) is 23.6 Å². The van der Waals surface area contributed by atoms with E-state index in [1.54, 1.807) is 0 Å². The Bertz CT molecular complexity index is 917. The fourth-order valence-electron chi connectivity index (χ4n) is 2.78. The molecule has 0 bridgehead atoms. The number of fused-ring (bicyclic) bond motifs is 1. The normalized spacial score (nSPS) is 11.3. The molecule has 0 unspecified atom stereocenters. The highest BCUT2D eigenvalue weighted by Gasteiger charge is 2.34. The summed E-state index contributed by atoms with van der Waals surface area (Å²) in [6.07, 6.45) is -4.56. The number of nitrogens with one attached hydrogen (secondary N) is 2. The van der Waals surface area contributed by atoms with Crippen molar-refractivity contribution in [1.29, 1.82) is 0 Å². The number of anilines is 1.